The van der Waals surface area contributed by atoms with Crippen LogP contribution in [0.15, 0.2) is 17.5 Å². The van der Waals surface area contributed by atoms with Gasteiger partial charge in [0.2, 0.25) is 0 Å². The molecule has 0 aromatic carbocycles. The Morgan fingerprint density at radius 1 is 1.52 bits per heavy atom. The number of rotatable bonds is 2. The van der Waals surface area contributed by atoms with Gasteiger partial charge in [-0.05, 0) is 30.7 Å². The molecule has 2 unspecified atom stereocenters. The number of likely N-dealkylation sites (tertiary alicyclic amines) is 1. The van der Waals surface area contributed by atoms with E-state index in [1.165, 1.54) is 11.3 Å². The van der Waals surface area contributed by atoms with Crippen molar-refractivity contribution in [2.24, 2.45) is 5.92 Å². The number of aliphatic hydroxyl groups is 1. The number of hydrogen-bond acceptors (Lipinski definition) is 5. The second-order valence-corrected chi connectivity index (χ2v) is 7.44. The Labute approximate surface area is 132 Å². The Morgan fingerprint density at radius 2 is 2.33 bits per heavy atom. The van der Waals surface area contributed by atoms with Gasteiger partial charge in [0, 0.05) is 13.1 Å². The number of carbonyl (C=O) groups excluding carboxylic acids is 1. The Hall–Kier alpha value is -1.24. The first kappa shape index (κ1) is 14.7. The van der Waals surface area contributed by atoms with E-state index < -0.39 is 0 Å². The quantitative estimate of drug-likeness (QED) is 0.924. The highest BCUT2D eigenvalue weighted by Gasteiger charge is 2.29. The molecule has 1 saturated heterocycles. The molecular weight excluding hydrogens is 304 g/mol. The fourth-order valence-corrected chi connectivity index (χ4v) is 4.39. The highest BCUT2D eigenvalue weighted by atomic mass is 32.1. The van der Waals surface area contributed by atoms with Gasteiger partial charge in [-0.15, -0.1) is 22.7 Å². The van der Waals surface area contributed by atoms with Gasteiger partial charge in [-0.2, -0.15) is 0 Å². The van der Waals surface area contributed by atoms with Crippen molar-refractivity contribution in [2.45, 2.75) is 26.4 Å². The highest BCUT2D eigenvalue weighted by molar-refractivity contribution is 7.22. The Bertz CT molecular complexity index is 636. The molecule has 4 nitrogen and oxygen atoms in total. The monoisotopic (exact) mass is 322 g/mol. The lowest BCUT2D eigenvalue weighted by atomic mass is 9.96. The zero-order valence-corrected chi connectivity index (χ0v) is 13.7. The average molecular weight is 322 g/mol. The number of thiophene rings is 1. The van der Waals surface area contributed by atoms with Crippen molar-refractivity contribution in [2.75, 3.05) is 13.1 Å². The lowest BCUT2D eigenvalue weighted by Crippen LogP contribution is -2.44. The largest absolute Gasteiger partial charge is 0.393 e. The zero-order valence-electron chi connectivity index (χ0n) is 12.1. The summed E-state index contributed by atoms with van der Waals surface area (Å²) in [5, 5.41) is 12.7. The number of piperidine rings is 1. The summed E-state index contributed by atoms with van der Waals surface area (Å²) in [4.78, 5) is 20.9. The number of carbonyl (C=O) groups is 1. The van der Waals surface area contributed by atoms with Gasteiger partial charge in [0.15, 0.2) is 0 Å². The van der Waals surface area contributed by atoms with Crippen molar-refractivity contribution in [1.29, 1.82) is 0 Å². The van der Waals surface area contributed by atoms with E-state index in [1.54, 1.807) is 11.3 Å². The van der Waals surface area contributed by atoms with Crippen molar-refractivity contribution in [3.8, 4) is 9.88 Å². The lowest BCUT2D eigenvalue weighted by molar-refractivity contribution is 0.0300. The van der Waals surface area contributed by atoms with Crippen molar-refractivity contribution in [3.63, 3.8) is 0 Å². The van der Waals surface area contributed by atoms with Crippen LogP contribution in [0.1, 0.15) is 28.7 Å². The normalized spacial score (nSPS) is 22.5. The van der Waals surface area contributed by atoms with Crippen LogP contribution in [0.2, 0.25) is 0 Å². The fourth-order valence-electron chi connectivity index (χ4n) is 2.56. The molecule has 0 spiro atoms. The summed E-state index contributed by atoms with van der Waals surface area (Å²) in [7, 11) is 0. The molecule has 1 aliphatic heterocycles. The number of nitrogens with zero attached hydrogens (tertiary/aromatic N) is 2. The molecule has 0 saturated carbocycles. The van der Waals surface area contributed by atoms with E-state index in [9.17, 15) is 9.90 Å². The molecule has 0 radical (unpaired) electrons. The maximum Gasteiger partial charge on any atom is 0.265 e. The average Bonchev–Trinajstić information content (AvgIpc) is 3.10. The van der Waals surface area contributed by atoms with Crippen molar-refractivity contribution >= 4 is 28.6 Å². The van der Waals surface area contributed by atoms with Crippen LogP contribution in [0.4, 0.5) is 0 Å². The summed E-state index contributed by atoms with van der Waals surface area (Å²) < 4.78 is 0. The number of aromatic nitrogens is 1. The number of aryl methyl sites for hydroxylation is 1. The summed E-state index contributed by atoms with van der Waals surface area (Å²) in [6.07, 6.45) is 0.362. The van der Waals surface area contributed by atoms with Gasteiger partial charge >= 0.3 is 0 Å². The van der Waals surface area contributed by atoms with Crippen LogP contribution in [0.3, 0.4) is 0 Å². The number of amides is 1. The smallest absolute Gasteiger partial charge is 0.265 e. The molecule has 3 heterocycles. The third-order valence-corrected chi connectivity index (χ3v) is 6.05. The number of aliphatic hydroxyl groups excluding tert-OH is 1. The summed E-state index contributed by atoms with van der Waals surface area (Å²) in [6, 6.07) is 4.02. The number of thiazole rings is 1. The molecule has 1 N–H and O–H groups in total. The van der Waals surface area contributed by atoms with Gasteiger partial charge in [-0.3, -0.25) is 4.79 Å². The van der Waals surface area contributed by atoms with Crippen LogP contribution >= 0.6 is 22.7 Å². The van der Waals surface area contributed by atoms with Crippen molar-refractivity contribution in [3.05, 3.63) is 28.1 Å². The second kappa shape index (κ2) is 5.87. The van der Waals surface area contributed by atoms with Crippen LogP contribution in [-0.2, 0) is 0 Å². The van der Waals surface area contributed by atoms with E-state index in [2.05, 4.69) is 4.98 Å². The van der Waals surface area contributed by atoms with E-state index in [4.69, 9.17) is 0 Å². The van der Waals surface area contributed by atoms with Crippen LogP contribution in [0, 0.1) is 12.8 Å². The summed E-state index contributed by atoms with van der Waals surface area (Å²) in [6.45, 7) is 5.12. The van der Waals surface area contributed by atoms with Crippen molar-refractivity contribution < 1.29 is 9.90 Å². The molecule has 1 amide bonds. The standard InChI is InChI=1S/C15H18N2O2S2/c1-9-8-17(6-5-11(9)18)15(19)13-10(2)16-14(21-13)12-4-3-7-20-12/h3-4,7,9,11,18H,5-6,8H2,1-2H3. The summed E-state index contributed by atoms with van der Waals surface area (Å²) in [5.74, 6) is 0.180. The molecule has 6 heteroatoms. The molecule has 1 aliphatic rings. The van der Waals surface area contributed by atoms with Gasteiger partial charge in [-0.25, -0.2) is 4.98 Å². The van der Waals surface area contributed by atoms with Gasteiger partial charge < -0.3 is 10.0 Å². The molecular formula is C15H18N2O2S2. The SMILES string of the molecule is Cc1nc(-c2cccs2)sc1C(=O)N1CCC(O)C(C)C1. The lowest BCUT2D eigenvalue weighted by Gasteiger charge is -2.34. The highest BCUT2D eigenvalue weighted by Crippen LogP contribution is 2.32. The fraction of sp³-hybridized carbons (Fsp3) is 0.467. The van der Waals surface area contributed by atoms with Gasteiger partial charge in [0.25, 0.3) is 5.91 Å². The maximum absolute atomic E-state index is 12.7. The first-order valence-electron chi connectivity index (χ1n) is 7.05. The van der Waals surface area contributed by atoms with Crippen LogP contribution in [0.5, 0.6) is 0 Å². The van der Waals surface area contributed by atoms with E-state index in [-0.39, 0.29) is 17.9 Å². The molecule has 3 rings (SSSR count). The molecule has 21 heavy (non-hydrogen) atoms. The predicted octanol–water partition coefficient (Wildman–Crippen LogP) is 3.02. The van der Waals surface area contributed by atoms with Crippen LogP contribution in [0.25, 0.3) is 9.88 Å². The second-order valence-electron chi connectivity index (χ2n) is 5.50. The van der Waals surface area contributed by atoms with E-state index in [0.29, 0.717) is 19.5 Å². The van der Waals surface area contributed by atoms with Gasteiger partial charge in [-0.1, -0.05) is 13.0 Å². The minimum absolute atomic E-state index is 0.0477. The third kappa shape index (κ3) is 2.88. The maximum atomic E-state index is 12.7. The Kier molecular flexibility index (Phi) is 4.10. The zero-order chi connectivity index (χ0) is 15.0. The van der Waals surface area contributed by atoms with Crippen LogP contribution in [-0.4, -0.2) is 40.1 Å². The molecule has 1 fully saturated rings. The molecule has 2 atom stereocenters. The van der Waals surface area contributed by atoms with Crippen LogP contribution < -0.4 is 0 Å². The summed E-state index contributed by atoms with van der Waals surface area (Å²) in [5.41, 5.74) is 0.798. The minimum atomic E-state index is -0.293. The topological polar surface area (TPSA) is 53.4 Å². The van der Waals surface area contributed by atoms with E-state index in [0.717, 1.165) is 20.5 Å². The molecule has 0 aliphatic carbocycles. The third-order valence-electron chi connectivity index (χ3n) is 3.87. The Morgan fingerprint density at radius 3 is 3.00 bits per heavy atom. The van der Waals surface area contributed by atoms with E-state index >= 15 is 0 Å². The van der Waals surface area contributed by atoms with Crippen molar-refractivity contribution in [1.82, 2.24) is 9.88 Å². The van der Waals surface area contributed by atoms with Gasteiger partial charge in [0.05, 0.1) is 16.7 Å². The summed E-state index contributed by atoms with van der Waals surface area (Å²) >= 11 is 3.10. The first-order valence-corrected chi connectivity index (χ1v) is 8.74. The number of hydrogen-bond donors (Lipinski definition) is 1. The van der Waals surface area contributed by atoms with Gasteiger partial charge in [0.1, 0.15) is 9.88 Å². The predicted molar refractivity (Wildman–Crippen MR) is 85.9 cm³/mol. The Balaban J connectivity index is 1.82. The molecule has 2 aromatic heterocycles. The molecule has 0 bridgehead atoms. The first-order chi connectivity index (χ1) is 10.1. The molecule has 112 valence electrons. The minimum Gasteiger partial charge on any atom is -0.393 e. The molecule has 2 aromatic rings. The van der Waals surface area contributed by atoms with E-state index in [1.807, 2.05) is 36.3 Å².